The van der Waals surface area contributed by atoms with Crippen LogP contribution < -0.4 is 16.3 Å². The van der Waals surface area contributed by atoms with Crippen LogP contribution in [0, 0.1) is 22.6 Å². The first-order valence-corrected chi connectivity index (χ1v) is 26.8. The molecule has 22 heteroatoms. The molecule has 4 aromatic carbocycles. The van der Waals surface area contributed by atoms with Gasteiger partial charge in [-0.1, -0.05) is 80.6 Å². The molecular formula is C61H61FN2O19. The van der Waals surface area contributed by atoms with Crippen LogP contribution in [-0.4, -0.2) is 124 Å². The second-order valence-corrected chi connectivity index (χ2v) is 22.0. The summed E-state index contributed by atoms with van der Waals surface area (Å²) in [5, 5.41) is 41.0. The number of aliphatic hydroxyl groups excluding tert-OH is 1. The molecule has 11 atom stereocenters. The second-order valence-electron chi connectivity index (χ2n) is 22.0. The first kappa shape index (κ1) is 59.0. The van der Waals surface area contributed by atoms with Crippen LogP contribution in [0.3, 0.4) is 0 Å². The molecule has 0 unspecified atom stereocenters. The molecule has 3 fully saturated rings. The average Bonchev–Trinajstić information content (AvgIpc) is 0.734. The predicted molar refractivity (Wildman–Crippen MR) is 287 cm³/mol. The molecular weight excluding hydrogens is 1080 g/mol. The predicted octanol–water partition coefficient (Wildman–Crippen LogP) is 5.45. The van der Waals surface area contributed by atoms with Gasteiger partial charge < -0.3 is 58.8 Å². The van der Waals surface area contributed by atoms with Crippen molar-refractivity contribution in [1.29, 1.82) is 0 Å². The third kappa shape index (κ3) is 10.9. The lowest BCUT2D eigenvalue weighted by atomic mass is 9.44. The molecule has 0 spiro atoms. The Bertz CT molecular complexity index is 3500. The maximum absolute atomic E-state index is 16.3. The standard InChI is InChI=1S/C61H61FN2O19/c1-31-42(80-57(75)48(69)47(34-17-10-7-11-18-34)64-53(71)35-19-12-8-13-20-35)29-61(76)52(82-55(73)36-21-14-9-15-22-36)50-59(6,51(70)49(78-32(2)65)46(31)58(61,4)5)43(28-44-60(50,30-77-44)83-33(3)66)81-45(68)23-16-24-63-54(72)38-25-37-26-39(62)40(67)27-41(37)79-56(38)74/h7-15,17-22,25-27,42-44,47-50,52,67,69,76H,16,23-24,28-30H2,1-6H3,(H,63,72)(H,64,71)/t42-,43-,44+,47-,48+,49+,50-,52-,59+,60-,61+/m0/s1. The zero-order chi connectivity index (χ0) is 59.9. The minimum Gasteiger partial charge on any atom is -0.505 e. The largest absolute Gasteiger partial charge is 0.505 e. The highest BCUT2D eigenvalue weighted by molar-refractivity contribution is 5.98. The van der Waals surface area contributed by atoms with Gasteiger partial charge in [0.1, 0.15) is 41.2 Å². The van der Waals surface area contributed by atoms with Gasteiger partial charge in [0.15, 0.2) is 35.2 Å². The highest BCUT2D eigenvalue weighted by atomic mass is 19.1. The number of nitrogens with one attached hydrogen (secondary N) is 2. The van der Waals surface area contributed by atoms with Crippen molar-refractivity contribution in [3.05, 3.63) is 159 Å². The van der Waals surface area contributed by atoms with Gasteiger partial charge in [0.2, 0.25) is 0 Å². The minimum atomic E-state index is -2.57. The number of hydrogen-bond donors (Lipinski definition) is 5. The molecule has 83 heavy (non-hydrogen) atoms. The van der Waals surface area contributed by atoms with E-state index in [0.717, 1.165) is 32.0 Å². The van der Waals surface area contributed by atoms with Crippen LogP contribution in [0.4, 0.5) is 4.39 Å². The van der Waals surface area contributed by atoms with Crippen LogP contribution in [0.15, 0.2) is 130 Å². The Balaban J connectivity index is 1.10. The molecule has 5 N–H and O–H groups in total. The summed E-state index contributed by atoms with van der Waals surface area (Å²) in [5.74, 6) is -11.3. The summed E-state index contributed by atoms with van der Waals surface area (Å²) >= 11 is 0. The Labute approximate surface area is 474 Å². The van der Waals surface area contributed by atoms with Crippen molar-refractivity contribution >= 4 is 58.4 Å². The Morgan fingerprint density at radius 2 is 1.45 bits per heavy atom. The number of aliphatic hydroxyl groups is 2. The Hall–Kier alpha value is -8.60. The van der Waals surface area contributed by atoms with E-state index in [1.807, 2.05) is 0 Å². The van der Waals surface area contributed by atoms with Gasteiger partial charge in [0.25, 0.3) is 11.8 Å². The number of rotatable bonds is 16. The van der Waals surface area contributed by atoms with Crippen LogP contribution in [0.1, 0.15) is 110 Å². The summed E-state index contributed by atoms with van der Waals surface area (Å²) in [6.07, 6.45) is -12.2. The van der Waals surface area contributed by atoms with Gasteiger partial charge in [0.05, 0.1) is 29.5 Å². The zero-order valence-electron chi connectivity index (χ0n) is 46.0. The van der Waals surface area contributed by atoms with Gasteiger partial charge in [-0.25, -0.2) is 18.8 Å². The number of ketones is 1. The molecule has 1 saturated heterocycles. The number of carbonyl (C=O) groups is 8. The van der Waals surface area contributed by atoms with E-state index in [-0.39, 0.29) is 52.6 Å². The van der Waals surface area contributed by atoms with E-state index >= 15 is 4.79 Å². The lowest BCUT2D eigenvalue weighted by Crippen LogP contribution is -2.82. The number of phenols is 1. The Morgan fingerprint density at radius 3 is 2.06 bits per heavy atom. The van der Waals surface area contributed by atoms with E-state index < -0.39 is 160 Å². The van der Waals surface area contributed by atoms with Gasteiger partial charge in [-0.05, 0) is 73.4 Å². The average molecular weight is 1150 g/mol. The van der Waals surface area contributed by atoms with E-state index in [4.69, 9.17) is 32.8 Å². The van der Waals surface area contributed by atoms with Gasteiger partial charge >= 0.3 is 35.5 Å². The van der Waals surface area contributed by atoms with Crippen molar-refractivity contribution in [2.24, 2.45) is 16.7 Å². The number of Topliss-reactive ketones (excluding diaryl/α,β-unsaturated/α-hetero) is 1. The molecule has 436 valence electrons. The lowest BCUT2D eigenvalue weighted by molar-refractivity contribution is -0.346. The van der Waals surface area contributed by atoms with Crippen LogP contribution >= 0.6 is 0 Å². The molecule has 2 amide bonds. The molecule has 0 radical (unpaired) electrons. The molecule has 4 aliphatic rings. The number of hydrogen-bond acceptors (Lipinski definition) is 19. The fourth-order valence-electron chi connectivity index (χ4n) is 12.4. The fourth-order valence-corrected chi connectivity index (χ4v) is 12.4. The fraction of sp³-hybridized carbons (Fsp3) is 0.393. The number of phenolic OH excluding ortho intramolecular Hbond substituents is 1. The summed E-state index contributed by atoms with van der Waals surface area (Å²) in [5.41, 5.74) is -9.95. The maximum Gasteiger partial charge on any atom is 0.349 e. The van der Waals surface area contributed by atoms with Gasteiger partial charge in [-0.2, -0.15) is 0 Å². The maximum atomic E-state index is 16.3. The van der Waals surface area contributed by atoms with E-state index in [2.05, 4.69) is 10.6 Å². The third-order valence-corrected chi connectivity index (χ3v) is 16.6. The summed E-state index contributed by atoms with van der Waals surface area (Å²) in [7, 11) is 0. The number of benzene rings is 4. The van der Waals surface area contributed by atoms with Crippen LogP contribution in [0.25, 0.3) is 11.0 Å². The molecule has 2 heterocycles. The number of halogens is 1. The molecule has 5 aromatic rings. The number of fused-ring (bicyclic) bond motifs is 6. The minimum absolute atomic E-state index is 0.00192. The van der Waals surface area contributed by atoms with Crippen LogP contribution in [-0.2, 0) is 52.4 Å². The zero-order valence-corrected chi connectivity index (χ0v) is 46.0. The van der Waals surface area contributed by atoms with Crippen molar-refractivity contribution in [3.63, 3.8) is 0 Å². The topological polar surface area (TPSA) is 307 Å². The SMILES string of the molecule is CC(=O)O[C@H]1C(=O)[C@]2(C)[C@@H](OC(=O)CCCNC(=O)c3cc4cc(F)c(O)cc4oc3=O)C[C@H]3OC[C@@]3(OC(C)=O)[C@H]2[C@H](OC(=O)c2ccccc2)[C@]2(O)C[C@H](OC(=O)[C@H](O)[C@@H](NC(=O)c3ccccc3)c3ccccc3)C(C)=C1C2(C)C. The molecule has 2 saturated carbocycles. The monoisotopic (exact) mass is 1140 g/mol. The highest BCUT2D eigenvalue weighted by Gasteiger charge is 2.79. The molecule has 3 aliphatic carbocycles. The second kappa shape index (κ2) is 23.0. The van der Waals surface area contributed by atoms with E-state index in [1.165, 1.54) is 52.0 Å². The molecule has 1 aromatic heterocycles. The number of aromatic hydroxyl groups is 1. The van der Waals surface area contributed by atoms with E-state index in [9.17, 15) is 58.1 Å². The molecule has 2 bridgehead atoms. The summed E-state index contributed by atoms with van der Waals surface area (Å²) in [4.78, 5) is 126. The van der Waals surface area contributed by atoms with Crippen molar-refractivity contribution in [2.75, 3.05) is 13.2 Å². The molecule has 21 nitrogen and oxygen atoms in total. The van der Waals surface area contributed by atoms with Gasteiger partial charge in [-0.3, -0.25) is 28.8 Å². The number of esters is 5. The highest BCUT2D eigenvalue weighted by Crippen LogP contribution is 2.65. The van der Waals surface area contributed by atoms with Gasteiger partial charge in [0, 0.05) is 62.1 Å². The van der Waals surface area contributed by atoms with E-state index in [1.54, 1.807) is 66.7 Å². The molecule has 9 rings (SSSR count). The number of carbonyl (C=O) groups excluding carboxylic acids is 8. The molecule has 1 aliphatic heterocycles. The van der Waals surface area contributed by atoms with Crippen LogP contribution in [0.2, 0.25) is 0 Å². The number of ether oxygens (including phenoxy) is 6. The first-order chi connectivity index (χ1) is 39.3. The summed E-state index contributed by atoms with van der Waals surface area (Å²) < 4.78 is 56.5. The first-order valence-electron chi connectivity index (χ1n) is 26.8. The normalized spacial score (nSPS) is 26.6. The summed E-state index contributed by atoms with van der Waals surface area (Å²) in [6, 6.07) is 25.1. The number of amides is 2. The smallest absolute Gasteiger partial charge is 0.349 e. The Kier molecular flexibility index (Phi) is 16.3. The quantitative estimate of drug-likeness (QED) is 0.0270. The van der Waals surface area contributed by atoms with Crippen molar-refractivity contribution in [2.45, 2.75) is 121 Å². The van der Waals surface area contributed by atoms with Crippen LogP contribution in [0.5, 0.6) is 5.75 Å². The lowest BCUT2D eigenvalue weighted by Gasteiger charge is -2.67. The van der Waals surface area contributed by atoms with Crippen molar-refractivity contribution in [1.82, 2.24) is 10.6 Å². The third-order valence-electron chi connectivity index (χ3n) is 16.6. The van der Waals surface area contributed by atoms with Crippen molar-refractivity contribution in [3.8, 4) is 5.75 Å². The van der Waals surface area contributed by atoms with Gasteiger partial charge in [-0.15, -0.1) is 0 Å². The summed E-state index contributed by atoms with van der Waals surface area (Å²) in [6.45, 7) is 7.27. The van der Waals surface area contributed by atoms with Crippen molar-refractivity contribution < 1.29 is 90.9 Å². The van der Waals surface area contributed by atoms with E-state index in [0.29, 0.717) is 5.56 Å². The Morgan fingerprint density at radius 1 is 0.807 bits per heavy atom.